The lowest BCUT2D eigenvalue weighted by atomic mass is 9.88. The van der Waals surface area contributed by atoms with E-state index in [0.717, 1.165) is 18.0 Å². The summed E-state index contributed by atoms with van der Waals surface area (Å²) in [6, 6.07) is 5.73. The molecule has 90 valence electrons. The first kappa shape index (κ1) is 10.8. The van der Waals surface area contributed by atoms with Gasteiger partial charge in [0.25, 0.3) is 0 Å². The highest BCUT2D eigenvalue weighted by Gasteiger charge is 2.43. The van der Waals surface area contributed by atoms with Crippen LogP contribution in [0.5, 0.6) is 0 Å². The fourth-order valence-corrected chi connectivity index (χ4v) is 3.40. The van der Waals surface area contributed by atoms with Gasteiger partial charge in [0.2, 0.25) is 5.91 Å². The molecule has 2 aliphatic rings. The Bertz CT molecular complexity index is 444. The Labute approximate surface area is 102 Å². The first-order valence-electron chi connectivity index (χ1n) is 6.47. The lowest BCUT2D eigenvalue weighted by molar-refractivity contribution is -0.121. The second kappa shape index (κ2) is 4.13. The monoisotopic (exact) mass is 230 g/mol. The highest BCUT2D eigenvalue weighted by atomic mass is 16.2. The van der Waals surface area contributed by atoms with Gasteiger partial charge in [-0.1, -0.05) is 12.5 Å². The molecule has 0 spiro atoms. The lowest BCUT2D eigenvalue weighted by Crippen LogP contribution is -2.27. The van der Waals surface area contributed by atoms with Crippen LogP contribution in [0.4, 0.5) is 5.82 Å². The molecule has 0 aromatic carbocycles. The molecule has 0 aliphatic heterocycles. The van der Waals surface area contributed by atoms with Crippen molar-refractivity contribution >= 4 is 11.7 Å². The van der Waals surface area contributed by atoms with Crippen LogP contribution in [0.25, 0.3) is 0 Å². The Balaban J connectivity index is 1.68. The van der Waals surface area contributed by atoms with E-state index in [-0.39, 0.29) is 11.8 Å². The van der Waals surface area contributed by atoms with Gasteiger partial charge in [0, 0.05) is 11.6 Å². The minimum absolute atomic E-state index is 0.176. The number of rotatable bonds is 2. The maximum Gasteiger partial charge on any atom is 0.228 e. The van der Waals surface area contributed by atoms with Crippen LogP contribution in [-0.4, -0.2) is 10.9 Å². The number of aromatic nitrogens is 1. The molecule has 1 amide bonds. The predicted octanol–water partition coefficient (Wildman–Crippen LogP) is 2.76. The summed E-state index contributed by atoms with van der Waals surface area (Å²) in [5.74, 6) is 2.54. The van der Waals surface area contributed by atoms with E-state index in [2.05, 4.69) is 10.3 Å². The fraction of sp³-hybridized carbons (Fsp3) is 0.571. The Morgan fingerprint density at radius 1 is 1.35 bits per heavy atom. The maximum atomic E-state index is 12.2. The lowest BCUT2D eigenvalue weighted by Gasteiger charge is -2.20. The molecule has 3 heteroatoms. The zero-order valence-electron chi connectivity index (χ0n) is 10.1. The maximum absolute atomic E-state index is 12.2. The molecule has 1 aromatic rings. The SMILES string of the molecule is Cc1cccc(NC(=O)[C@H]2C[C@@H]3CC[C@H]2C3)n1. The van der Waals surface area contributed by atoms with Gasteiger partial charge in [-0.25, -0.2) is 4.98 Å². The molecule has 1 aromatic heterocycles. The molecule has 1 heterocycles. The van der Waals surface area contributed by atoms with E-state index in [1.54, 1.807) is 0 Å². The number of aryl methyl sites for hydroxylation is 1. The van der Waals surface area contributed by atoms with Gasteiger partial charge >= 0.3 is 0 Å². The number of carbonyl (C=O) groups is 1. The summed E-state index contributed by atoms with van der Waals surface area (Å²) < 4.78 is 0. The summed E-state index contributed by atoms with van der Waals surface area (Å²) in [5.41, 5.74) is 0.941. The average Bonchev–Trinajstić information content (AvgIpc) is 2.90. The fourth-order valence-electron chi connectivity index (χ4n) is 3.40. The molecule has 3 rings (SSSR count). The van der Waals surface area contributed by atoms with Crippen molar-refractivity contribution in [1.82, 2.24) is 4.98 Å². The molecular weight excluding hydrogens is 212 g/mol. The number of fused-ring (bicyclic) bond motifs is 2. The van der Waals surface area contributed by atoms with Crippen LogP contribution in [-0.2, 0) is 4.79 Å². The van der Waals surface area contributed by atoms with E-state index in [1.165, 1.54) is 19.3 Å². The number of nitrogens with one attached hydrogen (secondary N) is 1. The molecule has 0 radical (unpaired) electrons. The second-order valence-corrected chi connectivity index (χ2v) is 5.43. The first-order chi connectivity index (χ1) is 8.22. The van der Waals surface area contributed by atoms with E-state index >= 15 is 0 Å². The second-order valence-electron chi connectivity index (χ2n) is 5.43. The van der Waals surface area contributed by atoms with Crippen LogP contribution in [0.15, 0.2) is 18.2 Å². The van der Waals surface area contributed by atoms with Crippen molar-refractivity contribution in [3.05, 3.63) is 23.9 Å². The van der Waals surface area contributed by atoms with Gasteiger partial charge in [-0.3, -0.25) is 4.79 Å². The minimum Gasteiger partial charge on any atom is -0.310 e. The Morgan fingerprint density at radius 2 is 2.24 bits per heavy atom. The van der Waals surface area contributed by atoms with Crippen LogP contribution >= 0.6 is 0 Å². The van der Waals surface area contributed by atoms with Gasteiger partial charge in [-0.05, 0) is 50.2 Å². The number of pyridine rings is 1. The normalized spacial score (nSPS) is 30.5. The number of hydrogen-bond donors (Lipinski definition) is 1. The van der Waals surface area contributed by atoms with Crippen molar-refractivity contribution in [3.63, 3.8) is 0 Å². The summed E-state index contributed by atoms with van der Waals surface area (Å²) in [5, 5.41) is 2.96. The van der Waals surface area contributed by atoms with Crippen molar-refractivity contribution in [2.45, 2.75) is 32.6 Å². The third-order valence-corrected chi connectivity index (χ3v) is 4.21. The Kier molecular flexibility index (Phi) is 2.61. The average molecular weight is 230 g/mol. The molecule has 3 atom stereocenters. The summed E-state index contributed by atoms with van der Waals surface area (Å²) >= 11 is 0. The largest absolute Gasteiger partial charge is 0.310 e. The van der Waals surface area contributed by atoms with Gasteiger partial charge in [-0.2, -0.15) is 0 Å². The number of nitrogens with zero attached hydrogens (tertiary/aromatic N) is 1. The molecule has 0 saturated heterocycles. The van der Waals surface area contributed by atoms with Crippen molar-refractivity contribution in [3.8, 4) is 0 Å². The highest BCUT2D eigenvalue weighted by Crippen LogP contribution is 2.48. The Morgan fingerprint density at radius 3 is 2.88 bits per heavy atom. The number of anilines is 1. The number of amides is 1. The van der Waals surface area contributed by atoms with Crippen molar-refractivity contribution in [2.75, 3.05) is 5.32 Å². The van der Waals surface area contributed by atoms with E-state index < -0.39 is 0 Å². The summed E-state index contributed by atoms with van der Waals surface area (Å²) in [7, 11) is 0. The van der Waals surface area contributed by atoms with Gasteiger partial charge in [-0.15, -0.1) is 0 Å². The first-order valence-corrected chi connectivity index (χ1v) is 6.47. The zero-order chi connectivity index (χ0) is 11.8. The van der Waals surface area contributed by atoms with Crippen LogP contribution in [0.2, 0.25) is 0 Å². The Hall–Kier alpha value is -1.38. The van der Waals surface area contributed by atoms with Crippen LogP contribution < -0.4 is 5.32 Å². The molecule has 2 saturated carbocycles. The zero-order valence-corrected chi connectivity index (χ0v) is 10.1. The molecule has 3 nitrogen and oxygen atoms in total. The van der Waals surface area contributed by atoms with E-state index in [4.69, 9.17) is 0 Å². The van der Waals surface area contributed by atoms with Gasteiger partial charge in [0.1, 0.15) is 5.82 Å². The number of hydrogen-bond acceptors (Lipinski definition) is 2. The third-order valence-electron chi connectivity index (χ3n) is 4.21. The van der Waals surface area contributed by atoms with Gasteiger partial charge in [0.15, 0.2) is 0 Å². The van der Waals surface area contributed by atoms with Gasteiger partial charge < -0.3 is 5.32 Å². The molecule has 17 heavy (non-hydrogen) atoms. The molecule has 2 aliphatic carbocycles. The molecule has 1 N–H and O–H groups in total. The summed E-state index contributed by atoms with van der Waals surface area (Å²) in [4.78, 5) is 16.5. The van der Waals surface area contributed by atoms with Crippen molar-refractivity contribution in [1.29, 1.82) is 0 Å². The quantitative estimate of drug-likeness (QED) is 0.848. The standard InChI is InChI=1S/C14H18N2O/c1-9-3-2-4-13(15-9)16-14(17)12-8-10-5-6-11(12)7-10/h2-4,10-12H,5-8H2,1H3,(H,15,16,17)/t10-,11+,12+/m1/s1. The third kappa shape index (κ3) is 2.06. The molecule has 2 fully saturated rings. The van der Waals surface area contributed by atoms with Crippen molar-refractivity contribution in [2.24, 2.45) is 17.8 Å². The summed E-state index contributed by atoms with van der Waals surface area (Å²) in [6.07, 6.45) is 4.92. The highest BCUT2D eigenvalue weighted by molar-refractivity contribution is 5.92. The molecule has 2 bridgehead atoms. The topological polar surface area (TPSA) is 42.0 Å². The molecular formula is C14H18N2O. The summed E-state index contributed by atoms with van der Waals surface area (Å²) in [6.45, 7) is 1.94. The van der Waals surface area contributed by atoms with E-state index in [9.17, 15) is 4.79 Å². The smallest absolute Gasteiger partial charge is 0.228 e. The van der Waals surface area contributed by atoms with E-state index in [0.29, 0.717) is 11.7 Å². The predicted molar refractivity (Wildman–Crippen MR) is 66.5 cm³/mol. The minimum atomic E-state index is 0.176. The molecule has 0 unspecified atom stereocenters. The van der Waals surface area contributed by atoms with E-state index in [1.807, 2.05) is 25.1 Å². The van der Waals surface area contributed by atoms with Crippen LogP contribution in [0, 0.1) is 24.7 Å². The number of carbonyl (C=O) groups excluding carboxylic acids is 1. The van der Waals surface area contributed by atoms with Crippen LogP contribution in [0.1, 0.15) is 31.4 Å². The van der Waals surface area contributed by atoms with Gasteiger partial charge in [0.05, 0.1) is 0 Å². The van der Waals surface area contributed by atoms with Crippen LogP contribution in [0.3, 0.4) is 0 Å². The van der Waals surface area contributed by atoms with Crippen molar-refractivity contribution < 1.29 is 4.79 Å².